The van der Waals surface area contributed by atoms with Crippen molar-refractivity contribution in [2.24, 2.45) is 0 Å². The first-order chi connectivity index (χ1) is 15.2. The van der Waals surface area contributed by atoms with Crippen molar-refractivity contribution >= 4 is 0 Å². The fraction of sp³-hybridized carbons (Fsp3) is 0.333. The molecule has 0 radical (unpaired) electrons. The lowest BCUT2D eigenvalue weighted by Gasteiger charge is -2.33. The van der Waals surface area contributed by atoms with E-state index in [0.717, 1.165) is 38.0 Å². The zero-order valence-corrected chi connectivity index (χ0v) is 17.9. The predicted octanol–water partition coefficient (Wildman–Crippen LogP) is 4.58. The van der Waals surface area contributed by atoms with Gasteiger partial charge in [0.1, 0.15) is 24.2 Å². The molecule has 0 aromatic heterocycles. The van der Waals surface area contributed by atoms with Crippen molar-refractivity contribution in [1.29, 1.82) is 0 Å². The van der Waals surface area contributed by atoms with Crippen LogP contribution in [0.25, 0.3) is 0 Å². The Kier molecular flexibility index (Phi) is 7.23. The first kappa shape index (κ1) is 21.4. The van der Waals surface area contributed by atoms with Crippen LogP contribution in [0.2, 0.25) is 0 Å². The molecule has 162 valence electrons. The molecule has 3 aromatic carbocycles. The molecule has 0 bridgehead atoms. The lowest BCUT2D eigenvalue weighted by molar-refractivity contribution is 0.0463. The van der Waals surface area contributed by atoms with Crippen LogP contribution in [0.3, 0.4) is 0 Å². The molecule has 1 aliphatic rings. The fourth-order valence-corrected chi connectivity index (χ4v) is 4.43. The second-order valence-corrected chi connectivity index (χ2v) is 8.40. The third-order valence-electron chi connectivity index (χ3n) is 6.00. The summed E-state index contributed by atoms with van der Waals surface area (Å²) < 4.78 is 5.80. The summed E-state index contributed by atoms with van der Waals surface area (Å²) in [4.78, 5) is 2.40. The largest absolute Gasteiger partial charge is 0.508 e. The average Bonchev–Trinajstić information content (AvgIpc) is 3.01. The molecule has 4 nitrogen and oxygen atoms in total. The van der Waals surface area contributed by atoms with Crippen LogP contribution in [0, 0.1) is 0 Å². The number of phenols is 1. The van der Waals surface area contributed by atoms with Crippen LogP contribution in [0.15, 0.2) is 78.9 Å². The second kappa shape index (κ2) is 10.5. The van der Waals surface area contributed by atoms with Crippen LogP contribution in [0.5, 0.6) is 11.5 Å². The third-order valence-corrected chi connectivity index (χ3v) is 6.00. The Morgan fingerprint density at radius 2 is 1.68 bits per heavy atom. The van der Waals surface area contributed by atoms with Gasteiger partial charge in [-0.1, -0.05) is 54.6 Å². The van der Waals surface area contributed by atoms with Gasteiger partial charge in [0.2, 0.25) is 0 Å². The molecule has 4 heteroatoms. The SMILES string of the molecule is Oc1ccc2c(c1)CCCC(N(Cc1ccccc1)C[C@H](O)COc1ccccc1)C2. The standard InChI is InChI=1S/C27H31NO3/c29-25-15-14-23-16-24(11-7-10-22(23)17-25)28(18-21-8-3-1-4-9-21)19-26(30)20-31-27-12-5-2-6-13-27/h1-6,8-9,12-15,17,24,26,29-30H,7,10-11,16,18-20H2/t24?,26-/m0/s1. The smallest absolute Gasteiger partial charge is 0.119 e. The van der Waals surface area contributed by atoms with Crippen LogP contribution in [-0.2, 0) is 19.4 Å². The molecule has 0 saturated carbocycles. The normalized spacial score (nSPS) is 17.0. The molecule has 31 heavy (non-hydrogen) atoms. The molecule has 1 unspecified atom stereocenters. The van der Waals surface area contributed by atoms with E-state index in [-0.39, 0.29) is 6.61 Å². The van der Waals surface area contributed by atoms with Gasteiger partial charge >= 0.3 is 0 Å². The van der Waals surface area contributed by atoms with Gasteiger partial charge < -0.3 is 14.9 Å². The summed E-state index contributed by atoms with van der Waals surface area (Å²) in [5.41, 5.74) is 3.79. The minimum absolute atomic E-state index is 0.270. The zero-order valence-electron chi connectivity index (χ0n) is 17.9. The van der Waals surface area contributed by atoms with E-state index in [1.807, 2.05) is 42.5 Å². The molecule has 0 saturated heterocycles. The van der Waals surface area contributed by atoms with Crippen molar-refractivity contribution in [3.63, 3.8) is 0 Å². The molecular weight excluding hydrogens is 386 g/mol. The highest BCUT2D eigenvalue weighted by atomic mass is 16.5. The van der Waals surface area contributed by atoms with Gasteiger partial charge in [-0.15, -0.1) is 0 Å². The summed E-state index contributed by atoms with van der Waals surface area (Å²) >= 11 is 0. The van der Waals surface area contributed by atoms with Crippen LogP contribution in [0.4, 0.5) is 0 Å². The third kappa shape index (κ3) is 6.09. The number of aromatic hydroxyl groups is 1. The molecule has 2 atom stereocenters. The first-order valence-corrected chi connectivity index (χ1v) is 11.1. The van der Waals surface area contributed by atoms with Gasteiger partial charge in [0.05, 0.1) is 0 Å². The number of para-hydroxylation sites is 1. The van der Waals surface area contributed by atoms with Crippen molar-refractivity contribution in [3.8, 4) is 11.5 Å². The Morgan fingerprint density at radius 3 is 2.45 bits per heavy atom. The molecule has 0 amide bonds. The van der Waals surface area contributed by atoms with E-state index >= 15 is 0 Å². The fourth-order valence-electron chi connectivity index (χ4n) is 4.43. The van der Waals surface area contributed by atoms with Gasteiger partial charge in [-0.3, -0.25) is 4.90 Å². The van der Waals surface area contributed by atoms with Crippen LogP contribution in [0.1, 0.15) is 29.5 Å². The minimum atomic E-state index is -0.577. The highest BCUT2D eigenvalue weighted by molar-refractivity contribution is 5.36. The maximum atomic E-state index is 10.8. The van der Waals surface area contributed by atoms with Crippen molar-refractivity contribution < 1.29 is 14.9 Å². The monoisotopic (exact) mass is 417 g/mol. The maximum absolute atomic E-state index is 10.8. The van der Waals surface area contributed by atoms with Crippen molar-refractivity contribution in [2.75, 3.05) is 13.2 Å². The van der Waals surface area contributed by atoms with Gasteiger partial charge in [0, 0.05) is 19.1 Å². The summed E-state index contributed by atoms with van der Waals surface area (Å²) in [7, 11) is 0. The van der Waals surface area contributed by atoms with E-state index in [1.54, 1.807) is 6.07 Å². The van der Waals surface area contributed by atoms with Gasteiger partial charge in [-0.05, 0) is 66.6 Å². The average molecular weight is 418 g/mol. The van der Waals surface area contributed by atoms with Gasteiger partial charge in [-0.25, -0.2) is 0 Å². The number of phenolic OH excluding ortho intramolecular Hbond substituents is 1. The van der Waals surface area contributed by atoms with E-state index in [0.29, 0.717) is 18.3 Å². The quantitative estimate of drug-likeness (QED) is 0.527. The number of nitrogens with zero attached hydrogens (tertiary/aromatic N) is 1. The minimum Gasteiger partial charge on any atom is -0.508 e. The molecule has 0 fully saturated rings. The number of hydrogen-bond acceptors (Lipinski definition) is 4. The summed E-state index contributed by atoms with van der Waals surface area (Å²) in [6.07, 6.45) is 3.47. The number of rotatable bonds is 8. The van der Waals surface area contributed by atoms with E-state index in [4.69, 9.17) is 4.74 Å². The molecule has 0 spiro atoms. The topological polar surface area (TPSA) is 52.9 Å². The second-order valence-electron chi connectivity index (χ2n) is 8.40. The Bertz CT molecular complexity index is 945. The molecule has 0 aliphatic heterocycles. The van der Waals surface area contributed by atoms with Crippen molar-refractivity contribution in [1.82, 2.24) is 4.90 Å². The molecule has 0 heterocycles. The van der Waals surface area contributed by atoms with Crippen molar-refractivity contribution in [2.45, 2.75) is 44.4 Å². The summed E-state index contributed by atoms with van der Waals surface area (Å²) in [6.45, 7) is 1.62. The Morgan fingerprint density at radius 1 is 0.935 bits per heavy atom. The number of benzene rings is 3. The van der Waals surface area contributed by atoms with Gasteiger partial charge in [0.25, 0.3) is 0 Å². The maximum Gasteiger partial charge on any atom is 0.119 e. The van der Waals surface area contributed by atoms with Crippen LogP contribution >= 0.6 is 0 Å². The van der Waals surface area contributed by atoms with E-state index in [9.17, 15) is 10.2 Å². The number of aliphatic hydroxyl groups is 1. The summed E-state index contributed by atoms with van der Waals surface area (Å²) in [5, 5.41) is 20.7. The van der Waals surface area contributed by atoms with E-state index in [2.05, 4.69) is 35.2 Å². The summed E-state index contributed by atoms with van der Waals surface area (Å²) in [6, 6.07) is 26.2. The van der Waals surface area contributed by atoms with Gasteiger partial charge in [0.15, 0.2) is 0 Å². The van der Waals surface area contributed by atoms with Gasteiger partial charge in [-0.2, -0.15) is 0 Å². The number of aryl methyl sites for hydroxylation is 1. The lowest BCUT2D eigenvalue weighted by Crippen LogP contribution is -2.42. The van der Waals surface area contributed by atoms with Crippen LogP contribution in [-0.4, -0.2) is 40.4 Å². The molecule has 1 aliphatic carbocycles. The van der Waals surface area contributed by atoms with Crippen LogP contribution < -0.4 is 4.74 Å². The molecule has 4 rings (SSSR count). The van der Waals surface area contributed by atoms with E-state index in [1.165, 1.54) is 16.7 Å². The molecule has 3 aromatic rings. The summed E-state index contributed by atoms with van der Waals surface area (Å²) in [5.74, 6) is 1.12. The number of hydrogen-bond donors (Lipinski definition) is 2. The lowest BCUT2D eigenvalue weighted by atomic mass is 10.00. The highest BCUT2D eigenvalue weighted by Crippen LogP contribution is 2.27. The van der Waals surface area contributed by atoms with E-state index < -0.39 is 6.10 Å². The Hall–Kier alpha value is -2.82. The number of ether oxygens (including phenoxy) is 1. The molecule has 2 N–H and O–H groups in total. The number of aliphatic hydroxyl groups excluding tert-OH is 1. The highest BCUT2D eigenvalue weighted by Gasteiger charge is 2.25. The Balaban J connectivity index is 1.47. The number of fused-ring (bicyclic) bond motifs is 1. The molecular formula is C27H31NO3. The Labute approximate surface area is 184 Å². The van der Waals surface area contributed by atoms with Crippen molar-refractivity contribution in [3.05, 3.63) is 95.6 Å². The zero-order chi connectivity index (χ0) is 21.5. The first-order valence-electron chi connectivity index (χ1n) is 11.1. The predicted molar refractivity (Wildman–Crippen MR) is 123 cm³/mol.